The Bertz CT molecular complexity index is 2250. The first kappa shape index (κ1) is 50.6. The van der Waals surface area contributed by atoms with Crippen LogP contribution in [0.3, 0.4) is 0 Å². The molecule has 0 radical (unpaired) electrons. The molecule has 17 nitrogen and oxygen atoms in total. The van der Waals surface area contributed by atoms with E-state index >= 15 is 0 Å². The fourth-order valence-corrected chi connectivity index (χ4v) is 10.4. The number of benzene rings is 3. The quantitative estimate of drug-likeness (QED) is 0.0364. The second kappa shape index (κ2) is 24.3. The van der Waals surface area contributed by atoms with Crippen molar-refractivity contribution in [3.63, 3.8) is 0 Å². The van der Waals surface area contributed by atoms with Crippen LogP contribution in [0.25, 0.3) is 0 Å². The molecule has 0 aromatic heterocycles. The number of esters is 7. The number of rotatable bonds is 19. The van der Waals surface area contributed by atoms with Crippen LogP contribution in [0.1, 0.15) is 65.2 Å². The Balaban J connectivity index is 1.04. The minimum Gasteiger partial charge on any atom is -0.462 e. The van der Waals surface area contributed by atoms with Gasteiger partial charge in [0.2, 0.25) is 13.6 Å². The molecular formula is C49H49NO16S2. The molecule has 0 N–H and O–H groups in total. The molecule has 1 aliphatic heterocycles. The number of hydrogen-bond acceptors (Lipinski definition) is 19. The summed E-state index contributed by atoms with van der Waals surface area (Å²) in [6, 6.07) is 17.5. The van der Waals surface area contributed by atoms with Crippen LogP contribution < -0.4 is 28.4 Å². The predicted molar refractivity (Wildman–Crippen MR) is 242 cm³/mol. The van der Waals surface area contributed by atoms with Gasteiger partial charge in [0, 0.05) is 12.2 Å². The van der Waals surface area contributed by atoms with Crippen LogP contribution in [0.15, 0.2) is 95.8 Å². The van der Waals surface area contributed by atoms with Crippen molar-refractivity contribution in [3.05, 3.63) is 86.0 Å². The van der Waals surface area contributed by atoms with Gasteiger partial charge < -0.3 is 42.6 Å². The summed E-state index contributed by atoms with van der Waals surface area (Å²) >= 11 is 2.28. The highest BCUT2D eigenvalue weighted by Crippen LogP contribution is 2.58. The van der Waals surface area contributed by atoms with E-state index in [4.69, 9.17) is 42.6 Å². The van der Waals surface area contributed by atoms with Crippen molar-refractivity contribution in [1.29, 1.82) is 5.26 Å². The Kier molecular flexibility index (Phi) is 18.1. The molecular weight excluding hydrogens is 923 g/mol. The highest BCUT2D eigenvalue weighted by atomic mass is 32.2. The third-order valence-corrected chi connectivity index (χ3v) is 14.0. The van der Waals surface area contributed by atoms with E-state index < -0.39 is 82.1 Å². The molecule has 1 unspecified atom stereocenters. The van der Waals surface area contributed by atoms with Gasteiger partial charge in [0.1, 0.15) is 34.5 Å². The molecule has 3 aliphatic rings. The molecule has 2 fully saturated rings. The molecule has 0 saturated heterocycles. The maximum atomic E-state index is 13.7. The first-order chi connectivity index (χ1) is 32.7. The average molecular weight is 972 g/mol. The molecule has 1 atom stereocenters. The summed E-state index contributed by atoms with van der Waals surface area (Å²) in [6.07, 6.45) is 4.50. The molecule has 68 heavy (non-hydrogen) atoms. The second-order valence-corrected chi connectivity index (χ2v) is 18.6. The topological polar surface area (TPSA) is 226 Å². The van der Waals surface area contributed by atoms with E-state index in [0.29, 0.717) is 84.2 Å². The third-order valence-electron chi connectivity index (χ3n) is 11.0. The Labute approximate surface area is 400 Å². The Morgan fingerprint density at radius 1 is 0.574 bits per heavy atom. The van der Waals surface area contributed by atoms with Crippen molar-refractivity contribution in [1.82, 2.24) is 0 Å². The zero-order chi connectivity index (χ0) is 48.7. The second-order valence-electron chi connectivity index (χ2n) is 16.0. The molecule has 2 saturated carbocycles. The smallest absolute Gasteiger partial charge is 0.333 e. The lowest BCUT2D eigenvalue weighted by Gasteiger charge is -2.26. The molecule has 0 bridgehead atoms. The first-order valence-electron chi connectivity index (χ1n) is 21.8. The average Bonchev–Trinajstić information content (AvgIpc) is 3.79. The van der Waals surface area contributed by atoms with Gasteiger partial charge in [0.05, 0.1) is 50.2 Å². The van der Waals surface area contributed by atoms with Gasteiger partial charge >= 0.3 is 41.8 Å². The zero-order valence-electron chi connectivity index (χ0n) is 37.3. The summed E-state index contributed by atoms with van der Waals surface area (Å²) in [4.78, 5) is 89.6. The van der Waals surface area contributed by atoms with Crippen LogP contribution in [0.2, 0.25) is 0 Å². The molecule has 19 heteroatoms. The lowest BCUT2D eigenvalue weighted by atomic mass is 9.82. The fraction of sp³-hybridized carbons (Fsp3) is 0.388. The van der Waals surface area contributed by atoms with E-state index in [2.05, 4.69) is 13.2 Å². The van der Waals surface area contributed by atoms with Gasteiger partial charge in [-0.3, -0.25) is 24.0 Å². The molecule has 0 spiro atoms. The summed E-state index contributed by atoms with van der Waals surface area (Å²) in [5, 5.41) is 10.1. The predicted octanol–water partition coefficient (Wildman–Crippen LogP) is 8.07. The van der Waals surface area contributed by atoms with Gasteiger partial charge in [-0.2, -0.15) is 5.26 Å². The van der Waals surface area contributed by atoms with E-state index in [1.165, 1.54) is 12.1 Å². The minimum atomic E-state index is -1.21. The lowest BCUT2D eigenvalue weighted by Crippen LogP contribution is -2.30. The monoisotopic (exact) mass is 971 g/mol. The van der Waals surface area contributed by atoms with Crippen molar-refractivity contribution in [2.45, 2.75) is 85.7 Å². The lowest BCUT2D eigenvalue weighted by molar-refractivity contribution is -0.150. The number of hydrogen-bond donors (Lipinski definition) is 0. The summed E-state index contributed by atoms with van der Waals surface area (Å²) in [5.74, 6) is -5.35. The van der Waals surface area contributed by atoms with Gasteiger partial charge in [0.15, 0.2) is 5.92 Å². The van der Waals surface area contributed by atoms with E-state index in [9.17, 15) is 38.8 Å². The third kappa shape index (κ3) is 13.9. The number of nitrogens with zero attached hydrogens (tertiary/aromatic N) is 1. The summed E-state index contributed by atoms with van der Waals surface area (Å²) in [7, 11) is 0. The molecule has 358 valence electrons. The largest absolute Gasteiger partial charge is 0.462 e. The molecule has 3 aromatic carbocycles. The number of thioether (sulfide) groups is 2. The van der Waals surface area contributed by atoms with Crippen LogP contribution in [0, 0.1) is 40.9 Å². The van der Waals surface area contributed by atoms with Crippen molar-refractivity contribution in [2.75, 3.05) is 13.6 Å². The van der Waals surface area contributed by atoms with Crippen LogP contribution >= 0.6 is 23.5 Å². The summed E-state index contributed by atoms with van der Waals surface area (Å²) in [5.41, 5.74) is 0. The van der Waals surface area contributed by atoms with Crippen LogP contribution in [-0.4, -0.2) is 66.1 Å². The molecule has 3 aromatic rings. The van der Waals surface area contributed by atoms with Crippen LogP contribution in [0.4, 0.5) is 0 Å². The van der Waals surface area contributed by atoms with Crippen molar-refractivity contribution >= 4 is 65.3 Å². The number of carbonyl (C=O) groups excluding carboxylic acids is 7. The zero-order valence-corrected chi connectivity index (χ0v) is 38.9. The van der Waals surface area contributed by atoms with Gasteiger partial charge in [0.25, 0.3) is 0 Å². The molecule has 1 heterocycles. The maximum absolute atomic E-state index is 13.7. The fourth-order valence-electron chi connectivity index (χ4n) is 7.38. The number of ether oxygens (including phenoxy) is 9. The Hall–Kier alpha value is -6.78. The SMILES string of the molecule is C=CC(=O)OCOc1ccc(OC(=O)C2CCC(C(=O)Oc3ccc(OC(=O)C4CCC(C(=O)Oc5ccc(OCOC(=O)C=C)cc5)CC4)c4c3SC(C(C#N)C(=O)OC(C)C)S4)CC2)cc1. The van der Waals surface area contributed by atoms with Crippen LogP contribution in [0.5, 0.6) is 34.5 Å². The van der Waals surface area contributed by atoms with E-state index in [0.717, 1.165) is 35.7 Å². The highest BCUT2D eigenvalue weighted by Gasteiger charge is 2.42. The van der Waals surface area contributed by atoms with E-state index in [-0.39, 0.29) is 25.1 Å². The van der Waals surface area contributed by atoms with Gasteiger partial charge in [-0.15, -0.1) is 23.5 Å². The van der Waals surface area contributed by atoms with E-state index in [1.54, 1.807) is 62.4 Å². The van der Waals surface area contributed by atoms with Gasteiger partial charge in [-0.25, -0.2) is 9.59 Å². The van der Waals surface area contributed by atoms with Crippen molar-refractivity contribution in [3.8, 4) is 40.6 Å². The Morgan fingerprint density at radius 3 is 1.24 bits per heavy atom. The van der Waals surface area contributed by atoms with Gasteiger partial charge in [-0.05, 0) is 126 Å². The standard InChI is InChI=1S/C49H49NO16S2/c1-5-40(51)60-26-58-33-15-19-35(20-16-33)63-44(53)29-7-11-31(12-8-29)46(55)65-38-23-24-39(43-42(38)67-49(68-43)37(25-50)48(57)62-28(3)4)66-47(56)32-13-9-30(10-14-32)45(54)64-36-21-17-34(18-22-36)59-27-61-41(52)6-2/h5-6,15-24,28-32,37,49H,1-2,7-14,26-27H2,3-4H3. The highest BCUT2D eigenvalue weighted by molar-refractivity contribution is 8.19. The summed E-state index contributed by atoms with van der Waals surface area (Å²) in [6.45, 7) is 9.36. The van der Waals surface area contributed by atoms with E-state index in [1.807, 2.05) is 6.07 Å². The molecule has 6 rings (SSSR count). The first-order valence-corrected chi connectivity index (χ1v) is 23.5. The normalized spacial score (nSPS) is 19.9. The Morgan fingerprint density at radius 2 is 0.912 bits per heavy atom. The van der Waals surface area contributed by atoms with Crippen molar-refractivity contribution in [2.24, 2.45) is 29.6 Å². The maximum Gasteiger partial charge on any atom is 0.333 e. The summed E-state index contributed by atoms with van der Waals surface area (Å²) < 4.78 is 48.0. The van der Waals surface area contributed by atoms with Gasteiger partial charge in [-0.1, -0.05) is 13.2 Å². The number of fused-ring (bicyclic) bond motifs is 1. The number of carbonyl (C=O) groups is 7. The number of nitriles is 1. The van der Waals surface area contributed by atoms with Crippen molar-refractivity contribution < 1.29 is 76.2 Å². The minimum absolute atomic E-state index is 0.168. The van der Waals surface area contributed by atoms with Crippen LogP contribution in [-0.2, 0) is 47.8 Å². The molecule has 2 aliphatic carbocycles. The molecule has 0 amide bonds.